The molecule has 0 aliphatic carbocycles. The van der Waals surface area contributed by atoms with Crippen LogP contribution in [0.1, 0.15) is 50.9 Å². The Kier molecular flexibility index (Phi) is 5.67. The first-order chi connectivity index (χ1) is 13.5. The van der Waals surface area contributed by atoms with E-state index in [1.807, 2.05) is 4.90 Å². The van der Waals surface area contributed by atoms with Crippen LogP contribution in [-0.2, 0) is 6.18 Å². The number of aryl methyl sites for hydroxylation is 1. The molecule has 29 heavy (non-hydrogen) atoms. The number of ketones is 1. The Balaban J connectivity index is 0.00000240. The third-order valence-electron chi connectivity index (χ3n) is 5.20. The number of nitrogens with zero attached hydrogens (tertiary/aromatic N) is 3. The lowest BCUT2D eigenvalue weighted by atomic mass is 9.85. The van der Waals surface area contributed by atoms with Gasteiger partial charge in [-0.1, -0.05) is 20.8 Å². The summed E-state index contributed by atoms with van der Waals surface area (Å²) in [5, 5.41) is 3.44. The quantitative estimate of drug-likeness (QED) is 0.763. The number of anilines is 1. The van der Waals surface area contributed by atoms with E-state index < -0.39 is 23.2 Å². The van der Waals surface area contributed by atoms with Crippen molar-refractivity contribution in [3.05, 3.63) is 53.0 Å². The molecule has 1 aliphatic rings. The second-order valence-corrected chi connectivity index (χ2v) is 8.35. The SMILES string of the molecule is Cc1ncccc1C(=O)c1nc(N2CCNC(C(C)(C)C)C2)ccc1C(F)(F)F.[HH].[HH]. The Bertz CT molecular complexity index is 916. The highest BCUT2D eigenvalue weighted by Gasteiger charge is 2.38. The van der Waals surface area contributed by atoms with Crippen LogP contribution in [0.5, 0.6) is 0 Å². The Morgan fingerprint density at radius 1 is 1.24 bits per heavy atom. The number of pyridine rings is 2. The maximum atomic E-state index is 13.6. The van der Waals surface area contributed by atoms with Gasteiger partial charge in [0.15, 0.2) is 0 Å². The van der Waals surface area contributed by atoms with E-state index in [2.05, 4.69) is 36.1 Å². The largest absolute Gasteiger partial charge is 0.418 e. The monoisotopic (exact) mass is 410 g/mol. The lowest BCUT2D eigenvalue weighted by Crippen LogP contribution is -2.56. The van der Waals surface area contributed by atoms with E-state index in [0.717, 1.165) is 6.07 Å². The number of alkyl halides is 3. The smallest absolute Gasteiger partial charge is 0.354 e. The molecule has 160 valence electrons. The van der Waals surface area contributed by atoms with Crippen molar-refractivity contribution < 1.29 is 20.8 Å². The molecule has 8 heteroatoms. The average molecular weight is 410 g/mol. The normalized spacial score (nSPS) is 18.0. The van der Waals surface area contributed by atoms with Gasteiger partial charge in [0.05, 0.1) is 5.56 Å². The molecule has 0 aromatic carbocycles. The van der Waals surface area contributed by atoms with Crippen LogP contribution >= 0.6 is 0 Å². The molecule has 1 N–H and O–H groups in total. The molecule has 3 heterocycles. The molecule has 1 unspecified atom stereocenters. The Labute approximate surface area is 171 Å². The van der Waals surface area contributed by atoms with Crippen molar-refractivity contribution in [1.29, 1.82) is 0 Å². The lowest BCUT2D eigenvalue weighted by Gasteiger charge is -2.41. The summed E-state index contributed by atoms with van der Waals surface area (Å²) < 4.78 is 40.8. The van der Waals surface area contributed by atoms with E-state index in [4.69, 9.17) is 0 Å². The van der Waals surface area contributed by atoms with Crippen molar-refractivity contribution in [2.75, 3.05) is 24.5 Å². The number of aromatic nitrogens is 2. The van der Waals surface area contributed by atoms with Crippen LogP contribution in [-0.4, -0.2) is 41.4 Å². The van der Waals surface area contributed by atoms with E-state index in [0.29, 0.717) is 31.1 Å². The van der Waals surface area contributed by atoms with Gasteiger partial charge in [-0.2, -0.15) is 13.2 Å². The minimum atomic E-state index is -4.68. The van der Waals surface area contributed by atoms with Crippen LogP contribution < -0.4 is 10.2 Å². The van der Waals surface area contributed by atoms with Crippen molar-refractivity contribution in [3.63, 3.8) is 0 Å². The standard InChI is InChI=1S/C21H25F3N4O.2H2/c1-13-14(6-5-9-25-13)19(29)18-15(21(22,23)24)7-8-17(27-18)28-11-10-26-16(12-28)20(2,3)4;;/h5-9,16,26H,10-12H2,1-4H3;2*1H. The van der Waals surface area contributed by atoms with Gasteiger partial charge < -0.3 is 10.2 Å². The minimum Gasteiger partial charge on any atom is -0.354 e. The molecule has 3 rings (SSSR count). The predicted octanol–water partition coefficient (Wildman–Crippen LogP) is 4.35. The molecule has 1 saturated heterocycles. The van der Waals surface area contributed by atoms with Gasteiger partial charge in [0.1, 0.15) is 11.5 Å². The Hall–Kier alpha value is -2.48. The van der Waals surface area contributed by atoms with Gasteiger partial charge in [0.2, 0.25) is 5.78 Å². The van der Waals surface area contributed by atoms with Crippen molar-refractivity contribution in [3.8, 4) is 0 Å². The van der Waals surface area contributed by atoms with E-state index in [-0.39, 0.29) is 19.9 Å². The van der Waals surface area contributed by atoms with Crippen LogP contribution in [0.15, 0.2) is 30.5 Å². The van der Waals surface area contributed by atoms with Crippen LogP contribution in [0.3, 0.4) is 0 Å². The van der Waals surface area contributed by atoms with Crippen molar-refractivity contribution in [2.45, 2.75) is 39.9 Å². The summed E-state index contributed by atoms with van der Waals surface area (Å²) in [6, 6.07) is 5.46. The summed E-state index contributed by atoms with van der Waals surface area (Å²) in [4.78, 5) is 23.1. The van der Waals surface area contributed by atoms with Crippen molar-refractivity contribution in [2.24, 2.45) is 5.41 Å². The number of halogens is 3. The van der Waals surface area contributed by atoms with Gasteiger partial charge in [-0.15, -0.1) is 0 Å². The fourth-order valence-electron chi connectivity index (χ4n) is 3.42. The van der Waals surface area contributed by atoms with Gasteiger partial charge in [0.25, 0.3) is 0 Å². The van der Waals surface area contributed by atoms with E-state index in [1.165, 1.54) is 24.4 Å². The fourth-order valence-corrected chi connectivity index (χ4v) is 3.42. The molecule has 0 saturated carbocycles. The van der Waals surface area contributed by atoms with E-state index >= 15 is 0 Å². The molecule has 1 fully saturated rings. The fraction of sp³-hybridized carbons (Fsp3) is 0.476. The van der Waals surface area contributed by atoms with Crippen molar-refractivity contribution in [1.82, 2.24) is 15.3 Å². The van der Waals surface area contributed by atoms with Gasteiger partial charge in [-0.25, -0.2) is 4.98 Å². The molecule has 2 aromatic rings. The zero-order chi connectivity index (χ0) is 21.4. The highest BCUT2D eigenvalue weighted by atomic mass is 19.4. The summed E-state index contributed by atoms with van der Waals surface area (Å²) in [6.45, 7) is 9.80. The predicted molar refractivity (Wildman–Crippen MR) is 109 cm³/mol. The number of nitrogens with one attached hydrogen (secondary N) is 1. The molecule has 5 nitrogen and oxygen atoms in total. The first-order valence-electron chi connectivity index (χ1n) is 9.51. The second-order valence-electron chi connectivity index (χ2n) is 8.35. The van der Waals surface area contributed by atoms with Crippen molar-refractivity contribution >= 4 is 11.6 Å². The summed E-state index contributed by atoms with van der Waals surface area (Å²) >= 11 is 0. The number of rotatable bonds is 3. The van der Waals surface area contributed by atoms with Gasteiger partial charge in [-0.05, 0) is 36.6 Å². The molecule has 1 aliphatic heterocycles. The lowest BCUT2D eigenvalue weighted by molar-refractivity contribution is -0.138. The number of carbonyl (C=O) groups excluding carboxylic acids is 1. The van der Waals surface area contributed by atoms with Crippen LogP contribution in [0.25, 0.3) is 0 Å². The highest BCUT2D eigenvalue weighted by Crippen LogP contribution is 2.34. The third-order valence-corrected chi connectivity index (χ3v) is 5.20. The molecular formula is C21H29F3N4O. The Morgan fingerprint density at radius 3 is 2.59 bits per heavy atom. The minimum absolute atomic E-state index is 0. The van der Waals surface area contributed by atoms with E-state index in [9.17, 15) is 18.0 Å². The summed E-state index contributed by atoms with van der Waals surface area (Å²) in [5.41, 5.74) is -1.15. The van der Waals surface area contributed by atoms with E-state index in [1.54, 1.807) is 6.92 Å². The highest BCUT2D eigenvalue weighted by molar-refractivity contribution is 6.09. The number of carbonyl (C=O) groups is 1. The average Bonchev–Trinajstić information content (AvgIpc) is 2.66. The van der Waals surface area contributed by atoms with Crippen LogP contribution in [0, 0.1) is 12.3 Å². The number of piperazine rings is 1. The molecule has 1 atom stereocenters. The molecule has 0 amide bonds. The molecule has 0 bridgehead atoms. The molecular weight excluding hydrogens is 381 g/mol. The molecule has 0 radical (unpaired) electrons. The Morgan fingerprint density at radius 2 is 1.97 bits per heavy atom. The maximum Gasteiger partial charge on any atom is 0.418 e. The first kappa shape index (κ1) is 21.2. The third kappa shape index (κ3) is 4.58. The summed E-state index contributed by atoms with van der Waals surface area (Å²) in [6.07, 6.45) is -3.18. The van der Waals surface area contributed by atoms with Crippen LogP contribution in [0.2, 0.25) is 0 Å². The number of hydrogen-bond donors (Lipinski definition) is 1. The van der Waals surface area contributed by atoms with Gasteiger partial charge in [-0.3, -0.25) is 9.78 Å². The van der Waals surface area contributed by atoms with Gasteiger partial charge >= 0.3 is 6.18 Å². The summed E-state index contributed by atoms with van der Waals surface area (Å²) in [5.74, 6) is -0.397. The maximum absolute atomic E-state index is 13.6. The first-order valence-corrected chi connectivity index (χ1v) is 9.51. The topological polar surface area (TPSA) is 58.1 Å². The second kappa shape index (κ2) is 7.74. The van der Waals surface area contributed by atoms with Crippen LogP contribution in [0.4, 0.5) is 19.0 Å². The molecule has 0 spiro atoms. The zero-order valence-corrected chi connectivity index (χ0v) is 17.0. The zero-order valence-electron chi connectivity index (χ0n) is 17.0. The van der Waals surface area contributed by atoms with Gasteiger partial charge in [0, 0.05) is 46.0 Å². The summed E-state index contributed by atoms with van der Waals surface area (Å²) in [7, 11) is 0. The molecule has 2 aromatic heterocycles. The number of hydrogen-bond acceptors (Lipinski definition) is 5.